The maximum absolute atomic E-state index is 12.1. The Morgan fingerprint density at radius 3 is 2.43 bits per heavy atom. The van der Waals surface area contributed by atoms with Crippen LogP contribution in [0, 0.1) is 6.92 Å². The molecule has 7 nitrogen and oxygen atoms in total. The van der Waals surface area contributed by atoms with Crippen LogP contribution < -0.4 is 4.83 Å². The number of carbonyl (C=O) groups excluding carboxylic acids is 1. The number of aryl methyl sites for hydroxylation is 1. The summed E-state index contributed by atoms with van der Waals surface area (Å²) in [6, 6.07) is 6.56. The van der Waals surface area contributed by atoms with Crippen LogP contribution in [0.5, 0.6) is 0 Å². The number of ether oxygens (including phenoxy) is 1. The van der Waals surface area contributed by atoms with Crippen LogP contribution in [0.25, 0.3) is 0 Å². The number of rotatable bonds is 4. The zero-order chi connectivity index (χ0) is 16.9. The topological polar surface area (TPSA) is 88.1 Å². The van der Waals surface area contributed by atoms with Crippen LogP contribution in [0.1, 0.15) is 25.3 Å². The van der Waals surface area contributed by atoms with Crippen LogP contribution in [0.4, 0.5) is 4.79 Å². The van der Waals surface area contributed by atoms with Gasteiger partial charge in [0.1, 0.15) is 0 Å². The Morgan fingerprint density at radius 2 is 1.87 bits per heavy atom. The van der Waals surface area contributed by atoms with Gasteiger partial charge < -0.3 is 9.64 Å². The van der Waals surface area contributed by atoms with Gasteiger partial charge in [0.2, 0.25) is 0 Å². The molecular weight excluding hydrogens is 318 g/mol. The first-order valence-electron chi connectivity index (χ1n) is 7.48. The molecule has 1 amide bonds. The van der Waals surface area contributed by atoms with E-state index in [-0.39, 0.29) is 11.0 Å². The molecule has 8 heteroatoms. The van der Waals surface area contributed by atoms with E-state index in [1.54, 1.807) is 36.1 Å². The molecule has 126 valence electrons. The normalized spacial score (nSPS) is 15.2. The highest BCUT2D eigenvalue weighted by Crippen LogP contribution is 2.12. The minimum Gasteiger partial charge on any atom is -0.450 e. The Kier molecular flexibility index (Phi) is 5.59. The molecule has 1 saturated heterocycles. The van der Waals surface area contributed by atoms with Crippen molar-refractivity contribution in [2.75, 3.05) is 19.7 Å². The first kappa shape index (κ1) is 17.3. The SMILES string of the molecule is CCOC(=O)N1CCC(=NNS(=O)(=O)c2ccc(C)cc2)CC1. The van der Waals surface area contributed by atoms with Crippen LogP contribution in [0.15, 0.2) is 34.3 Å². The van der Waals surface area contributed by atoms with Gasteiger partial charge >= 0.3 is 6.09 Å². The lowest BCUT2D eigenvalue weighted by molar-refractivity contribution is 0.107. The second-order valence-corrected chi connectivity index (χ2v) is 6.93. The van der Waals surface area contributed by atoms with E-state index < -0.39 is 10.0 Å². The molecule has 1 heterocycles. The van der Waals surface area contributed by atoms with Crippen molar-refractivity contribution in [2.24, 2.45) is 5.10 Å². The Hall–Kier alpha value is -2.09. The largest absolute Gasteiger partial charge is 0.450 e. The summed E-state index contributed by atoms with van der Waals surface area (Å²) in [5.41, 5.74) is 1.71. The Balaban J connectivity index is 1.94. The second kappa shape index (κ2) is 7.45. The first-order valence-corrected chi connectivity index (χ1v) is 8.96. The molecule has 1 fully saturated rings. The lowest BCUT2D eigenvalue weighted by Crippen LogP contribution is -2.39. The standard InChI is InChI=1S/C15H21N3O4S/c1-3-22-15(19)18-10-8-13(9-11-18)16-17-23(20,21)14-6-4-12(2)5-7-14/h4-7,17H,3,8-11H2,1-2H3. The maximum Gasteiger partial charge on any atom is 0.409 e. The summed E-state index contributed by atoms with van der Waals surface area (Å²) in [5, 5.41) is 3.99. The number of likely N-dealkylation sites (tertiary alicyclic amines) is 1. The van der Waals surface area contributed by atoms with Gasteiger partial charge in [0.15, 0.2) is 0 Å². The third-order valence-corrected chi connectivity index (χ3v) is 4.75. The van der Waals surface area contributed by atoms with Gasteiger partial charge in [-0.1, -0.05) is 17.7 Å². The molecule has 23 heavy (non-hydrogen) atoms. The summed E-state index contributed by atoms with van der Waals surface area (Å²) in [6.45, 7) is 4.94. The number of hydrazone groups is 1. The maximum atomic E-state index is 12.1. The van der Waals surface area contributed by atoms with E-state index in [0.717, 1.165) is 11.3 Å². The Bertz CT molecular complexity index is 673. The number of hydrogen-bond acceptors (Lipinski definition) is 5. The number of carbonyl (C=O) groups is 1. The predicted molar refractivity (Wildman–Crippen MR) is 86.8 cm³/mol. The molecule has 1 aliphatic heterocycles. The fourth-order valence-corrected chi connectivity index (χ4v) is 3.02. The second-order valence-electron chi connectivity index (χ2n) is 5.27. The van der Waals surface area contributed by atoms with E-state index in [1.165, 1.54) is 0 Å². The van der Waals surface area contributed by atoms with Crippen LogP contribution in [-0.2, 0) is 14.8 Å². The number of nitrogens with zero attached hydrogens (tertiary/aromatic N) is 2. The van der Waals surface area contributed by atoms with Crippen molar-refractivity contribution in [3.05, 3.63) is 29.8 Å². The molecule has 0 bridgehead atoms. The average Bonchev–Trinajstić information content (AvgIpc) is 2.54. The van der Waals surface area contributed by atoms with Crippen molar-refractivity contribution in [3.63, 3.8) is 0 Å². The number of amides is 1. The summed E-state index contributed by atoms with van der Waals surface area (Å²) in [4.78, 5) is 15.6. The highest BCUT2D eigenvalue weighted by atomic mass is 32.2. The van der Waals surface area contributed by atoms with Gasteiger partial charge in [-0.15, -0.1) is 0 Å². The minimum atomic E-state index is -3.66. The highest BCUT2D eigenvalue weighted by molar-refractivity contribution is 7.89. The summed E-state index contributed by atoms with van der Waals surface area (Å²) in [6.07, 6.45) is 0.705. The Morgan fingerprint density at radius 1 is 1.26 bits per heavy atom. The molecule has 1 aliphatic rings. The van der Waals surface area contributed by atoms with E-state index >= 15 is 0 Å². The van der Waals surface area contributed by atoms with Crippen molar-refractivity contribution < 1.29 is 17.9 Å². The van der Waals surface area contributed by atoms with Crippen LogP contribution >= 0.6 is 0 Å². The fourth-order valence-electron chi connectivity index (χ4n) is 2.17. The molecule has 0 aromatic heterocycles. The van der Waals surface area contributed by atoms with Gasteiger partial charge in [0.25, 0.3) is 10.0 Å². The zero-order valence-electron chi connectivity index (χ0n) is 13.3. The fraction of sp³-hybridized carbons (Fsp3) is 0.467. The summed E-state index contributed by atoms with van der Waals surface area (Å²) in [5.74, 6) is 0. The predicted octanol–water partition coefficient (Wildman–Crippen LogP) is 1.88. The number of benzene rings is 1. The molecule has 0 radical (unpaired) electrons. The summed E-state index contributed by atoms with van der Waals surface area (Å²) >= 11 is 0. The van der Waals surface area contributed by atoms with E-state index in [9.17, 15) is 13.2 Å². The lowest BCUT2D eigenvalue weighted by Gasteiger charge is -2.26. The molecule has 0 aliphatic carbocycles. The molecule has 0 unspecified atom stereocenters. The number of nitrogens with one attached hydrogen (secondary N) is 1. The quantitative estimate of drug-likeness (QED) is 0.848. The monoisotopic (exact) mass is 339 g/mol. The third kappa shape index (κ3) is 4.69. The molecule has 0 saturated carbocycles. The number of piperidine rings is 1. The molecule has 2 rings (SSSR count). The zero-order valence-corrected chi connectivity index (χ0v) is 14.1. The highest BCUT2D eigenvalue weighted by Gasteiger charge is 2.21. The van der Waals surface area contributed by atoms with E-state index in [4.69, 9.17) is 4.74 Å². The average molecular weight is 339 g/mol. The molecular formula is C15H21N3O4S. The number of hydrogen-bond donors (Lipinski definition) is 1. The molecule has 1 N–H and O–H groups in total. The van der Waals surface area contributed by atoms with Gasteiger partial charge in [0.05, 0.1) is 11.5 Å². The van der Waals surface area contributed by atoms with E-state index in [0.29, 0.717) is 32.5 Å². The summed E-state index contributed by atoms with van der Waals surface area (Å²) in [7, 11) is -3.66. The van der Waals surface area contributed by atoms with Gasteiger partial charge in [-0.05, 0) is 26.0 Å². The molecule has 1 aromatic rings. The van der Waals surface area contributed by atoms with Crippen LogP contribution in [0.3, 0.4) is 0 Å². The third-order valence-electron chi connectivity index (χ3n) is 3.52. The molecule has 0 atom stereocenters. The van der Waals surface area contributed by atoms with Crippen LogP contribution in [0.2, 0.25) is 0 Å². The van der Waals surface area contributed by atoms with Gasteiger partial charge in [-0.3, -0.25) is 0 Å². The molecule has 0 spiro atoms. The van der Waals surface area contributed by atoms with Crippen molar-refractivity contribution in [3.8, 4) is 0 Å². The molecule has 1 aromatic carbocycles. The minimum absolute atomic E-state index is 0.177. The van der Waals surface area contributed by atoms with Crippen molar-refractivity contribution in [1.29, 1.82) is 0 Å². The van der Waals surface area contributed by atoms with Crippen molar-refractivity contribution >= 4 is 21.8 Å². The summed E-state index contributed by atoms with van der Waals surface area (Å²) < 4.78 is 29.2. The first-order chi connectivity index (χ1) is 10.9. The Labute approximate surface area is 136 Å². The van der Waals surface area contributed by atoms with Crippen LogP contribution in [-0.4, -0.2) is 44.8 Å². The van der Waals surface area contributed by atoms with Gasteiger partial charge in [-0.2, -0.15) is 13.5 Å². The van der Waals surface area contributed by atoms with Gasteiger partial charge in [0, 0.05) is 31.6 Å². The van der Waals surface area contributed by atoms with E-state index in [1.807, 2.05) is 6.92 Å². The van der Waals surface area contributed by atoms with Crippen molar-refractivity contribution in [1.82, 2.24) is 9.73 Å². The lowest BCUT2D eigenvalue weighted by atomic mass is 10.1. The van der Waals surface area contributed by atoms with E-state index in [2.05, 4.69) is 9.93 Å². The number of sulfonamides is 1. The van der Waals surface area contributed by atoms with Gasteiger partial charge in [-0.25, -0.2) is 9.63 Å². The van der Waals surface area contributed by atoms with Crippen molar-refractivity contribution in [2.45, 2.75) is 31.6 Å². The smallest absolute Gasteiger partial charge is 0.409 e.